The number of benzene rings is 1. The number of nitrogens with one attached hydrogen (secondary N) is 1. The van der Waals surface area contributed by atoms with E-state index in [4.69, 9.17) is 9.84 Å². The predicted octanol–water partition coefficient (Wildman–Crippen LogP) is 3.57. The van der Waals surface area contributed by atoms with Crippen LogP contribution in [0.15, 0.2) is 24.5 Å². The maximum absolute atomic E-state index is 14.2. The molecule has 8 nitrogen and oxygen atoms in total. The number of fused-ring (bicyclic) bond motifs is 1. The summed E-state index contributed by atoms with van der Waals surface area (Å²) in [6.07, 6.45) is 3.96. The van der Waals surface area contributed by atoms with Crippen molar-refractivity contribution in [1.29, 1.82) is 0 Å². The maximum atomic E-state index is 14.2. The fraction of sp³-hybridized carbons (Fsp3) is 0.435. The molecule has 0 fully saturated rings. The van der Waals surface area contributed by atoms with Gasteiger partial charge in [-0.2, -0.15) is 5.10 Å². The Kier molecular flexibility index (Phi) is 6.57. The second-order valence-electron chi connectivity index (χ2n) is 8.92. The number of nitrogens with zero attached hydrogens (tertiary/aromatic N) is 4. The van der Waals surface area contributed by atoms with Crippen LogP contribution in [0.4, 0.5) is 15.0 Å². The van der Waals surface area contributed by atoms with E-state index < -0.39 is 5.60 Å². The summed E-state index contributed by atoms with van der Waals surface area (Å²) in [5.74, 6) is 0.481. The fourth-order valence-electron chi connectivity index (χ4n) is 3.69. The topological polar surface area (TPSA) is 79.7 Å². The third-order valence-electron chi connectivity index (χ3n) is 5.12. The standard InChI is InChI=1S/C23H30FN5O3/c1-15-11-17(12-16(2)20(15)24)29-21(27(6)10-8-25-14-30)18-13-28(9-7-19(18)26-29)22(31)32-23(3,4)5/h8,10-12,14H,7,9,13H2,1-6H3,(H,25,30)/b10-8-. The third-order valence-corrected chi connectivity index (χ3v) is 5.12. The number of amides is 2. The number of ether oxygens (including phenoxy) is 1. The Balaban J connectivity index is 2.07. The van der Waals surface area contributed by atoms with Crippen LogP contribution in [0.1, 0.15) is 43.2 Å². The molecule has 9 heteroatoms. The van der Waals surface area contributed by atoms with Gasteiger partial charge in [0.2, 0.25) is 6.41 Å². The molecule has 1 N–H and O–H groups in total. The molecule has 1 aliphatic heterocycles. The molecule has 172 valence electrons. The molecule has 3 rings (SSSR count). The van der Waals surface area contributed by atoms with Gasteiger partial charge < -0.3 is 19.9 Å². The Morgan fingerprint density at radius 3 is 2.53 bits per heavy atom. The number of halogens is 1. The molecule has 0 saturated carbocycles. The van der Waals surface area contributed by atoms with E-state index in [0.717, 1.165) is 22.8 Å². The number of aryl methyl sites for hydroxylation is 2. The number of carbonyl (C=O) groups excluding carboxylic acids is 2. The lowest BCUT2D eigenvalue weighted by atomic mass is 10.1. The molecule has 2 amide bonds. The van der Waals surface area contributed by atoms with Crippen molar-refractivity contribution < 1.29 is 18.7 Å². The van der Waals surface area contributed by atoms with Crippen LogP contribution in [0, 0.1) is 19.7 Å². The zero-order chi connectivity index (χ0) is 23.6. The van der Waals surface area contributed by atoms with Crippen molar-refractivity contribution >= 4 is 18.3 Å². The highest BCUT2D eigenvalue weighted by molar-refractivity contribution is 5.70. The lowest BCUT2D eigenvalue weighted by molar-refractivity contribution is -0.108. The van der Waals surface area contributed by atoms with Crippen molar-refractivity contribution in [2.24, 2.45) is 0 Å². The molecule has 0 saturated heterocycles. The quantitative estimate of drug-likeness (QED) is 0.715. The molecule has 0 unspecified atom stereocenters. The lowest BCUT2D eigenvalue weighted by Gasteiger charge is -2.30. The first kappa shape index (κ1) is 23.3. The van der Waals surface area contributed by atoms with E-state index in [9.17, 15) is 14.0 Å². The molecule has 0 atom stereocenters. The molecule has 32 heavy (non-hydrogen) atoms. The first-order chi connectivity index (χ1) is 15.0. The van der Waals surface area contributed by atoms with E-state index in [1.54, 1.807) is 41.8 Å². The van der Waals surface area contributed by atoms with E-state index in [-0.39, 0.29) is 11.9 Å². The molecular weight excluding hydrogens is 413 g/mol. The fourth-order valence-corrected chi connectivity index (χ4v) is 3.69. The number of carbonyl (C=O) groups is 2. The second kappa shape index (κ2) is 9.02. The average Bonchev–Trinajstić information content (AvgIpc) is 3.09. The van der Waals surface area contributed by atoms with Gasteiger partial charge in [-0.25, -0.2) is 13.9 Å². The number of aromatic nitrogens is 2. The maximum Gasteiger partial charge on any atom is 0.410 e. The summed E-state index contributed by atoms with van der Waals surface area (Å²) >= 11 is 0. The zero-order valence-corrected chi connectivity index (χ0v) is 19.4. The zero-order valence-electron chi connectivity index (χ0n) is 19.4. The van der Waals surface area contributed by atoms with Crippen molar-refractivity contribution in [3.8, 4) is 5.69 Å². The first-order valence-corrected chi connectivity index (χ1v) is 10.5. The van der Waals surface area contributed by atoms with E-state index in [1.807, 2.05) is 32.7 Å². The number of anilines is 1. The summed E-state index contributed by atoms with van der Waals surface area (Å²) in [7, 11) is 1.83. The predicted molar refractivity (Wildman–Crippen MR) is 120 cm³/mol. The van der Waals surface area contributed by atoms with Crippen LogP contribution in [0.3, 0.4) is 0 Å². The minimum atomic E-state index is -0.590. The summed E-state index contributed by atoms with van der Waals surface area (Å²) in [5, 5.41) is 7.29. The van der Waals surface area contributed by atoms with Crippen molar-refractivity contribution in [3.05, 3.63) is 52.7 Å². The smallest absolute Gasteiger partial charge is 0.410 e. The van der Waals surface area contributed by atoms with E-state index >= 15 is 0 Å². The second-order valence-corrected chi connectivity index (χ2v) is 8.92. The molecule has 2 aromatic rings. The van der Waals surface area contributed by atoms with Crippen molar-refractivity contribution in [3.63, 3.8) is 0 Å². The van der Waals surface area contributed by atoms with Gasteiger partial charge in [0.25, 0.3) is 0 Å². The summed E-state index contributed by atoms with van der Waals surface area (Å²) in [5.41, 5.74) is 2.92. The molecule has 1 aromatic heterocycles. The van der Waals surface area contributed by atoms with Gasteiger partial charge in [-0.3, -0.25) is 4.79 Å². The number of hydrogen-bond donors (Lipinski definition) is 1. The largest absolute Gasteiger partial charge is 0.444 e. The van der Waals surface area contributed by atoms with Gasteiger partial charge in [0, 0.05) is 38.0 Å². The summed E-state index contributed by atoms with van der Waals surface area (Å²) in [4.78, 5) is 26.8. The van der Waals surface area contributed by atoms with E-state index in [2.05, 4.69) is 5.32 Å². The van der Waals surface area contributed by atoms with E-state index in [0.29, 0.717) is 37.0 Å². The highest BCUT2D eigenvalue weighted by Gasteiger charge is 2.31. The van der Waals surface area contributed by atoms with Crippen LogP contribution in [0.5, 0.6) is 0 Å². The summed E-state index contributed by atoms with van der Waals surface area (Å²) in [6, 6.07) is 3.49. The van der Waals surface area contributed by atoms with Crippen molar-refractivity contribution in [2.45, 2.75) is 53.2 Å². The highest BCUT2D eigenvalue weighted by Crippen LogP contribution is 2.33. The van der Waals surface area contributed by atoms with Gasteiger partial charge in [0.1, 0.15) is 17.2 Å². The van der Waals surface area contributed by atoms with Gasteiger partial charge in [-0.05, 0) is 57.9 Å². The summed E-state index contributed by atoms with van der Waals surface area (Å²) < 4.78 is 21.6. The minimum Gasteiger partial charge on any atom is -0.444 e. The van der Waals surface area contributed by atoms with Crippen LogP contribution in [-0.4, -0.2) is 46.4 Å². The Morgan fingerprint density at radius 2 is 1.94 bits per heavy atom. The first-order valence-electron chi connectivity index (χ1n) is 10.5. The van der Waals surface area contributed by atoms with Crippen LogP contribution >= 0.6 is 0 Å². The van der Waals surface area contributed by atoms with Gasteiger partial charge in [-0.1, -0.05) is 0 Å². The Labute approximate surface area is 187 Å². The molecule has 1 aromatic carbocycles. The summed E-state index contributed by atoms with van der Waals surface area (Å²) in [6.45, 7) is 9.77. The highest BCUT2D eigenvalue weighted by atomic mass is 19.1. The Morgan fingerprint density at radius 1 is 1.28 bits per heavy atom. The Hall–Kier alpha value is -3.36. The van der Waals surface area contributed by atoms with Crippen molar-refractivity contribution in [1.82, 2.24) is 20.0 Å². The van der Waals surface area contributed by atoms with Crippen LogP contribution in [0.2, 0.25) is 0 Å². The SMILES string of the molecule is Cc1cc(-n2nc3c(c2N(C)/C=C\NC=O)CN(C(=O)OC(C)(C)C)CC3)cc(C)c1F. The number of hydrogen-bond acceptors (Lipinski definition) is 5. The van der Waals surface area contributed by atoms with Crippen molar-refractivity contribution in [2.75, 3.05) is 18.5 Å². The molecule has 0 spiro atoms. The molecule has 0 radical (unpaired) electrons. The Bertz CT molecular complexity index is 1030. The normalized spacial score (nSPS) is 13.8. The van der Waals surface area contributed by atoms with Gasteiger partial charge in [-0.15, -0.1) is 0 Å². The minimum absolute atomic E-state index is 0.244. The average molecular weight is 444 g/mol. The molecule has 2 heterocycles. The molecular formula is C23H30FN5O3. The molecule has 1 aliphatic rings. The third kappa shape index (κ3) is 4.92. The van der Waals surface area contributed by atoms with Gasteiger partial charge >= 0.3 is 6.09 Å². The van der Waals surface area contributed by atoms with Gasteiger partial charge in [0.15, 0.2) is 0 Å². The monoisotopic (exact) mass is 443 g/mol. The van der Waals surface area contributed by atoms with Crippen LogP contribution in [0.25, 0.3) is 5.69 Å². The molecule has 0 bridgehead atoms. The van der Waals surface area contributed by atoms with Crippen LogP contribution < -0.4 is 10.2 Å². The van der Waals surface area contributed by atoms with Crippen LogP contribution in [-0.2, 0) is 22.5 Å². The lowest BCUT2D eigenvalue weighted by Crippen LogP contribution is -2.40. The van der Waals surface area contributed by atoms with E-state index in [1.165, 1.54) is 6.20 Å². The molecule has 0 aliphatic carbocycles. The van der Waals surface area contributed by atoms with Gasteiger partial charge in [0.05, 0.1) is 17.9 Å². The number of rotatable bonds is 5.